The molecule has 0 spiro atoms. The van der Waals surface area contributed by atoms with Crippen molar-refractivity contribution in [3.05, 3.63) is 116 Å². The van der Waals surface area contributed by atoms with E-state index in [1.54, 1.807) is 6.92 Å². The number of sulfonamides is 1. The molecule has 2 aliphatic rings. The van der Waals surface area contributed by atoms with E-state index >= 15 is 13.6 Å². The van der Waals surface area contributed by atoms with Gasteiger partial charge in [0.15, 0.2) is 11.5 Å². The molecule has 15 nitrogen and oxygen atoms in total. The van der Waals surface area contributed by atoms with Crippen LogP contribution in [-0.2, 0) is 40.3 Å². The lowest BCUT2D eigenvalue weighted by molar-refractivity contribution is -0.123. The van der Waals surface area contributed by atoms with Gasteiger partial charge in [-0.05, 0) is 67.6 Å². The van der Waals surface area contributed by atoms with Crippen molar-refractivity contribution in [2.75, 3.05) is 11.0 Å². The molecule has 0 saturated heterocycles. The first-order chi connectivity index (χ1) is 30.7. The summed E-state index contributed by atoms with van der Waals surface area (Å²) in [6.07, 6.45) is -3.32. The predicted molar refractivity (Wildman–Crippen MR) is 216 cm³/mol. The van der Waals surface area contributed by atoms with E-state index < -0.39 is 106 Å². The standard InChI is InChI=1S/C41H33F8N11O4S/c1-17-4-7-27(34-30(17)38(57-65(3,63)64)56-58(34)15-28(44)45)60-39(54-37-22(40(60)62)5-6-25(53-37)32-18(2)50-8-9-51-32)26(12-19-10-20(42)13-21(43)11-19)52-29(61)16-59-35-31(33(55-59)36(46)47)23-14-24(23)41(35,48)49/h4-11,13,23-24,26,28,36H,12,14-16H2,1-3H3,(H,52,61)(H,56,57)/t23-,24+,26-/m0/s1. The monoisotopic (exact) mass is 927 g/mol. The molecule has 2 aliphatic carbocycles. The van der Waals surface area contributed by atoms with Crippen LogP contribution in [0.25, 0.3) is 39.0 Å². The van der Waals surface area contributed by atoms with Crippen molar-refractivity contribution in [1.29, 1.82) is 0 Å². The van der Waals surface area contributed by atoms with Crippen LogP contribution in [0.1, 0.15) is 64.4 Å². The quantitative estimate of drug-likeness (QED) is 0.120. The smallest absolute Gasteiger partial charge is 0.293 e. The second-order valence-electron chi connectivity index (χ2n) is 15.9. The maximum absolute atomic E-state index is 15.6. The fraction of sp³-hybridized carbons (Fsp3) is 0.317. The average Bonchev–Trinajstić information content (AvgIpc) is 3.74. The Balaban J connectivity index is 1.29. The van der Waals surface area contributed by atoms with E-state index in [0.717, 1.165) is 27.6 Å². The number of hydrogen-bond acceptors (Lipinski definition) is 10. The van der Waals surface area contributed by atoms with Crippen molar-refractivity contribution in [3.63, 3.8) is 0 Å². The highest BCUT2D eigenvalue weighted by Gasteiger charge is 2.67. The number of halogens is 8. The topological polar surface area (TPSA) is 184 Å². The molecule has 9 rings (SSSR count). The van der Waals surface area contributed by atoms with Gasteiger partial charge in [0.1, 0.15) is 47.6 Å². The fourth-order valence-corrected chi connectivity index (χ4v) is 9.11. The van der Waals surface area contributed by atoms with Gasteiger partial charge in [-0.3, -0.25) is 38.2 Å². The normalized spacial score (nSPS) is 16.9. The lowest BCUT2D eigenvalue weighted by Gasteiger charge is -2.24. The molecule has 338 valence electrons. The van der Waals surface area contributed by atoms with Crippen LogP contribution in [0.5, 0.6) is 0 Å². The van der Waals surface area contributed by atoms with E-state index in [2.05, 4.69) is 35.2 Å². The Morgan fingerprint density at radius 2 is 1.68 bits per heavy atom. The number of pyridine rings is 1. The molecule has 5 heterocycles. The number of nitrogens with one attached hydrogen (secondary N) is 2. The van der Waals surface area contributed by atoms with Gasteiger partial charge in [-0.25, -0.2) is 44.7 Å². The van der Waals surface area contributed by atoms with Gasteiger partial charge in [0, 0.05) is 36.4 Å². The van der Waals surface area contributed by atoms with Gasteiger partial charge in [-0.15, -0.1) is 0 Å². The number of aromatic nitrogens is 9. The predicted octanol–water partition coefficient (Wildman–Crippen LogP) is 6.56. The number of nitrogens with zero attached hydrogens (tertiary/aromatic N) is 9. The van der Waals surface area contributed by atoms with E-state index in [1.807, 2.05) is 0 Å². The van der Waals surface area contributed by atoms with E-state index in [0.29, 0.717) is 22.0 Å². The van der Waals surface area contributed by atoms with Crippen LogP contribution >= 0.6 is 0 Å². The summed E-state index contributed by atoms with van der Waals surface area (Å²) >= 11 is 0. The number of fused-ring (bicyclic) bond motifs is 5. The van der Waals surface area contributed by atoms with Gasteiger partial charge in [0.05, 0.1) is 45.7 Å². The maximum atomic E-state index is 15.6. The summed E-state index contributed by atoms with van der Waals surface area (Å²) < 4.78 is 147. The summed E-state index contributed by atoms with van der Waals surface area (Å²) in [7, 11) is -4.08. The van der Waals surface area contributed by atoms with E-state index in [9.17, 15) is 39.6 Å². The van der Waals surface area contributed by atoms with Crippen LogP contribution in [-0.4, -0.2) is 71.1 Å². The first kappa shape index (κ1) is 43.4. The van der Waals surface area contributed by atoms with Crippen LogP contribution in [0.2, 0.25) is 0 Å². The molecule has 24 heteroatoms. The SMILES string of the molecule is Cc1nccnc1-c1ccc2c(=O)n(-c3ccc(C)c4c(NS(C)(=O)=O)nn(CC(F)F)c34)c([C@H](Cc3cc(F)cc(F)c3)NC(=O)Cn3nc(C(F)F)c4c3C(F)(F)[C@@H]3C[C@H]43)nc2n1. The number of carbonyl (C=O) groups excluding carboxylic acids is 1. The summed E-state index contributed by atoms with van der Waals surface area (Å²) in [5, 5.41) is 10.2. The zero-order chi connectivity index (χ0) is 46.4. The molecule has 0 unspecified atom stereocenters. The van der Waals surface area contributed by atoms with Gasteiger partial charge < -0.3 is 5.32 Å². The molecule has 0 radical (unpaired) electrons. The molecule has 1 fully saturated rings. The molecule has 65 heavy (non-hydrogen) atoms. The Kier molecular flexibility index (Phi) is 10.5. The minimum Gasteiger partial charge on any atom is -0.344 e. The zero-order valence-corrected chi connectivity index (χ0v) is 34.8. The van der Waals surface area contributed by atoms with Gasteiger partial charge in [0.25, 0.3) is 24.3 Å². The van der Waals surface area contributed by atoms with Crippen LogP contribution in [0.3, 0.4) is 0 Å². The highest BCUT2D eigenvalue weighted by atomic mass is 32.2. The van der Waals surface area contributed by atoms with Crippen LogP contribution in [0.4, 0.5) is 40.9 Å². The molecule has 2 N–H and O–H groups in total. The van der Waals surface area contributed by atoms with Gasteiger partial charge in [-0.2, -0.15) is 19.0 Å². The van der Waals surface area contributed by atoms with Crippen molar-refractivity contribution in [2.24, 2.45) is 5.92 Å². The number of rotatable bonds is 13. The Hall–Kier alpha value is -6.85. The molecule has 2 aromatic carbocycles. The van der Waals surface area contributed by atoms with Crippen molar-refractivity contribution in [1.82, 2.24) is 49.4 Å². The number of benzene rings is 2. The van der Waals surface area contributed by atoms with E-state index in [4.69, 9.17) is 4.98 Å². The largest absolute Gasteiger partial charge is 0.344 e. The van der Waals surface area contributed by atoms with Crippen molar-refractivity contribution in [2.45, 2.75) is 70.5 Å². The third-order valence-electron chi connectivity index (χ3n) is 11.3. The van der Waals surface area contributed by atoms with Crippen molar-refractivity contribution in [3.8, 4) is 17.1 Å². The first-order valence-corrected chi connectivity index (χ1v) is 21.6. The Labute approximate surface area is 361 Å². The Morgan fingerprint density at radius 3 is 2.35 bits per heavy atom. The molecule has 7 aromatic rings. The summed E-state index contributed by atoms with van der Waals surface area (Å²) in [5.74, 6) is -9.82. The number of alkyl halides is 6. The minimum atomic E-state index is -4.08. The van der Waals surface area contributed by atoms with Crippen molar-refractivity contribution < 1.29 is 48.3 Å². The summed E-state index contributed by atoms with van der Waals surface area (Å²) in [6.45, 7) is 0.984. The highest BCUT2D eigenvalue weighted by Crippen LogP contribution is 2.68. The average molecular weight is 928 g/mol. The number of anilines is 1. The van der Waals surface area contributed by atoms with Gasteiger partial charge in [-0.1, -0.05) is 6.07 Å². The second-order valence-corrected chi connectivity index (χ2v) is 17.6. The zero-order valence-electron chi connectivity index (χ0n) is 34.0. The van der Waals surface area contributed by atoms with E-state index in [-0.39, 0.29) is 62.4 Å². The Bertz CT molecular complexity index is 3260. The molecule has 3 atom stereocenters. The molecule has 0 aliphatic heterocycles. The second kappa shape index (κ2) is 15.7. The van der Waals surface area contributed by atoms with Gasteiger partial charge in [0.2, 0.25) is 15.9 Å². The third kappa shape index (κ3) is 7.81. The molecule has 1 saturated carbocycles. The third-order valence-corrected chi connectivity index (χ3v) is 11.8. The maximum Gasteiger partial charge on any atom is 0.293 e. The number of carbonyl (C=O) groups is 1. The van der Waals surface area contributed by atoms with Crippen molar-refractivity contribution >= 4 is 43.7 Å². The number of amides is 1. The van der Waals surface area contributed by atoms with E-state index in [1.165, 1.54) is 43.6 Å². The first-order valence-electron chi connectivity index (χ1n) is 19.7. The number of aryl methyl sites for hydroxylation is 2. The lowest BCUT2D eigenvalue weighted by Crippen LogP contribution is -2.38. The molecule has 0 bridgehead atoms. The summed E-state index contributed by atoms with van der Waals surface area (Å²) in [4.78, 5) is 47.1. The van der Waals surface area contributed by atoms with Crippen LogP contribution in [0, 0.1) is 31.4 Å². The Morgan fingerprint density at radius 1 is 0.954 bits per heavy atom. The minimum absolute atomic E-state index is 0.0211. The molecular formula is C41H33F8N11O4S. The fourth-order valence-electron chi connectivity index (χ4n) is 8.62. The highest BCUT2D eigenvalue weighted by molar-refractivity contribution is 7.92. The molecule has 1 amide bonds. The van der Waals surface area contributed by atoms with Crippen LogP contribution < -0.4 is 15.6 Å². The number of hydrogen-bond donors (Lipinski definition) is 2. The summed E-state index contributed by atoms with van der Waals surface area (Å²) in [5.41, 5.74) is -2.68. The lowest BCUT2D eigenvalue weighted by atomic mass is 10.0. The summed E-state index contributed by atoms with van der Waals surface area (Å²) in [6, 6.07) is 6.24. The van der Waals surface area contributed by atoms with Crippen LogP contribution in [0.15, 0.2) is 59.7 Å². The molecular weight excluding hydrogens is 895 g/mol. The molecule has 5 aromatic heterocycles. The van der Waals surface area contributed by atoms with Gasteiger partial charge >= 0.3 is 0 Å².